The molecule has 0 saturated carbocycles. The van der Waals surface area contributed by atoms with Gasteiger partial charge >= 0.3 is 0 Å². The van der Waals surface area contributed by atoms with Gasteiger partial charge in [0.1, 0.15) is 0 Å². The van der Waals surface area contributed by atoms with Crippen molar-refractivity contribution in [3.8, 4) is 11.3 Å². The van der Waals surface area contributed by atoms with Crippen LogP contribution in [0.4, 0.5) is 0 Å². The van der Waals surface area contributed by atoms with Crippen molar-refractivity contribution >= 4 is 16.3 Å². The largest absolute Gasteiger partial charge is 1.00 e. The zero-order chi connectivity index (χ0) is 11.8. The summed E-state index contributed by atoms with van der Waals surface area (Å²) >= 11 is 1.49. The monoisotopic (exact) mass is 321 g/mol. The first-order chi connectivity index (χ1) is 8.25. The van der Waals surface area contributed by atoms with Gasteiger partial charge in [-0.2, -0.15) is 4.98 Å². The summed E-state index contributed by atoms with van der Waals surface area (Å²) in [4.78, 5) is 16.1. The van der Waals surface area contributed by atoms with Gasteiger partial charge in [-0.15, -0.1) is 11.3 Å². The summed E-state index contributed by atoms with van der Waals surface area (Å²) in [6.45, 7) is 1.93. The molecule has 0 aliphatic heterocycles. The van der Waals surface area contributed by atoms with Crippen LogP contribution in [0.2, 0.25) is 0 Å². The number of aromatic nitrogens is 2. The fourth-order valence-electron chi connectivity index (χ4n) is 1.91. The number of fused-ring (bicyclic) bond motifs is 1. The Morgan fingerprint density at radius 1 is 1.22 bits per heavy atom. The Labute approximate surface area is 119 Å². The molecule has 3 rings (SSSR count). The number of hydrogen-bond donors (Lipinski definition) is 0. The quantitative estimate of drug-likeness (QED) is 0.618. The van der Waals surface area contributed by atoms with E-state index in [4.69, 9.17) is 0 Å². The third kappa shape index (κ3) is 2.11. The van der Waals surface area contributed by atoms with Crippen molar-refractivity contribution in [2.45, 2.75) is 6.92 Å². The average molecular weight is 322 g/mol. The smallest absolute Gasteiger partial charge is 0.274 e. The minimum absolute atomic E-state index is 0. The van der Waals surface area contributed by atoms with E-state index >= 15 is 0 Å². The van der Waals surface area contributed by atoms with Gasteiger partial charge in [0, 0.05) is 17.1 Å². The normalized spacial score (nSPS) is 10.3. The maximum atomic E-state index is 11.3. The fourth-order valence-corrected chi connectivity index (χ4v) is 2.86. The standard InChI is InChI=1S/C13H10N2OS.BrH/c1-9-7-12(16)14-13-15(9)11(8-17-13)10-5-3-2-4-6-10;/h2-8H,1H3;1H/p-1. The molecule has 1 aromatic carbocycles. The molecule has 0 spiro atoms. The summed E-state index contributed by atoms with van der Waals surface area (Å²) in [6.07, 6.45) is 0. The first-order valence-corrected chi connectivity index (χ1v) is 6.17. The van der Waals surface area contributed by atoms with Crippen LogP contribution < -0.4 is 22.5 Å². The van der Waals surface area contributed by atoms with E-state index in [0.29, 0.717) is 0 Å². The Balaban J connectivity index is 0.00000120. The van der Waals surface area contributed by atoms with E-state index in [0.717, 1.165) is 21.9 Å². The highest BCUT2D eigenvalue weighted by Gasteiger charge is 2.08. The van der Waals surface area contributed by atoms with E-state index < -0.39 is 0 Å². The lowest BCUT2D eigenvalue weighted by atomic mass is 10.2. The van der Waals surface area contributed by atoms with Crippen LogP contribution >= 0.6 is 11.3 Å². The highest BCUT2D eigenvalue weighted by molar-refractivity contribution is 7.15. The van der Waals surface area contributed by atoms with Gasteiger partial charge in [0.2, 0.25) is 0 Å². The molecule has 3 aromatic rings. The molecule has 92 valence electrons. The van der Waals surface area contributed by atoms with Crippen LogP contribution in [0, 0.1) is 6.92 Å². The van der Waals surface area contributed by atoms with Crippen molar-refractivity contribution in [3.63, 3.8) is 0 Å². The summed E-state index contributed by atoms with van der Waals surface area (Å²) in [7, 11) is 0. The van der Waals surface area contributed by atoms with E-state index in [2.05, 4.69) is 17.1 Å². The van der Waals surface area contributed by atoms with Gasteiger partial charge in [-0.3, -0.25) is 9.20 Å². The molecular formula is C13H10BrN2OS-. The summed E-state index contributed by atoms with van der Waals surface area (Å²) in [5.74, 6) is 0. The maximum Gasteiger partial charge on any atom is 0.274 e. The van der Waals surface area contributed by atoms with E-state index in [9.17, 15) is 4.79 Å². The lowest BCUT2D eigenvalue weighted by Gasteiger charge is -2.04. The van der Waals surface area contributed by atoms with Gasteiger partial charge in [-0.1, -0.05) is 30.3 Å². The van der Waals surface area contributed by atoms with Gasteiger partial charge in [0.25, 0.3) is 5.56 Å². The molecule has 0 radical (unpaired) electrons. The number of halogens is 1. The molecule has 0 bridgehead atoms. The minimum atomic E-state index is -0.177. The molecule has 0 N–H and O–H groups in total. The molecule has 0 unspecified atom stereocenters. The molecule has 0 aliphatic carbocycles. The van der Waals surface area contributed by atoms with Crippen LogP contribution in [0.1, 0.15) is 5.69 Å². The van der Waals surface area contributed by atoms with Crippen molar-refractivity contribution in [1.29, 1.82) is 0 Å². The molecule has 5 heteroatoms. The van der Waals surface area contributed by atoms with Crippen molar-refractivity contribution in [1.82, 2.24) is 9.38 Å². The molecule has 0 fully saturated rings. The zero-order valence-electron chi connectivity index (χ0n) is 9.63. The van der Waals surface area contributed by atoms with Crippen molar-refractivity contribution in [2.24, 2.45) is 0 Å². The topological polar surface area (TPSA) is 34.4 Å². The van der Waals surface area contributed by atoms with E-state index in [-0.39, 0.29) is 22.5 Å². The average Bonchev–Trinajstić information content (AvgIpc) is 2.74. The molecule has 0 aliphatic rings. The highest BCUT2D eigenvalue weighted by atomic mass is 79.9. The Kier molecular flexibility index (Phi) is 3.63. The van der Waals surface area contributed by atoms with E-state index in [1.165, 1.54) is 11.3 Å². The van der Waals surface area contributed by atoms with Crippen LogP contribution in [0.5, 0.6) is 0 Å². The number of nitrogens with zero attached hydrogens (tertiary/aromatic N) is 2. The summed E-state index contributed by atoms with van der Waals surface area (Å²) in [5, 5.41) is 2.03. The Morgan fingerprint density at radius 2 is 1.94 bits per heavy atom. The third-order valence-electron chi connectivity index (χ3n) is 2.67. The van der Waals surface area contributed by atoms with Crippen LogP contribution in [-0.2, 0) is 0 Å². The summed E-state index contributed by atoms with van der Waals surface area (Å²) in [6, 6.07) is 11.7. The Hall–Kier alpha value is -1.46. The van der Waals surface area contributed by atoms with Gasteiger partial charge in [0.05, 0.1) is 5.69 Å². The molecule has 18 heavy (non-hydrogen) atoms. The zero-order valence-corrected chi connectivity index (χ0v) is 12.0. The molecule has 0 atom stereocenters. The first-order valence-electron chi connectivity index (χ1n) is 5.29. The maximum absolute atomic E-state index is 11.3. The van der Waals surface area contributed by atoms with Crippen molar-refractivity contribution in [2.75, 3.05) is 0 Å². The van der Waals surface area contributed by atoms with Crippen LogP contribution in [0.3, 0.4) is 0 Å². The number of aryl methyl sites for hydroxylation is 1. The third-order valence-corrected chi connectivity index (χ3v) is 3.49. The van der Waals surface area contributed by atoms with Gasteiger partial charge < -0.3 is 17.0 Å². The van der Waals surface area contributed by atoms with Crippen LogP contribution in [0.25, 0.3) is 16.2 Å². The van der Waals surface area contributed by atoms with Gasteiger partial charge in [0.15, 0.2) is 4.96 Å². The second-order valence-corrected chi connectivity index (χ2v) is 4.68. The van der Waals surface area contributed by atoms with Crippen molar-refractivity contribution < 1.29 is 17.0 Å². The Bertz CT molecular complexity index is 734. The summed E-state index contributed by atoms with van der Waals surface area (Å²) in [5.41, 5.74) is 2.95. The number of hydrogen-bond acceptors (Lipinski definition) is 3. The number of thiazole rings is 1. The predicted molar refractivity (Wildman–Crippen MR) is 69.5 cm³/mol. The van der Waals surface area contributed by atoms with Crippen LogP contribution in [-0.4, -0.2) is 9.38 Å². The van der Waals surface area contributed by atoms with Crippen molar-refractivity contribution in [3.05, 3.63) is 57.8 Å². The minimum Gasteiger partial charge on any atom is -1.00 e. The molecule has 2 aromatic heterocycles. The molecule has 3 nitrogen and oxygen atoms in total. The molecule has 0 saturated heterocycles. The highest BCUT2D eigenvalue weighted by Crippen LogP contribution is 2.25. The molecule has 0 amide bonds. The second-order valence-electron chi connectivity index (χ2n) is 3.84. The van der Waals surface area contributed by atoms with E-state index in [1.807, 2.05) is 34.9 Å². The molecular weight excluding hydrogens is 312 g/mol. The summed E-state index contributed by atoms with van der Waals surface area (Å²) < 4.78 is 2.02. The lowest BCUT2D eigenvalue weighted by molar-refractivity contribution is -0.00000353. The predicted octanol–water partition coefficient (Wildman–Crippen LogP) is -0.265. The van der Waals surface area contributed by atoms with Gasteiger partial charge in [-0.05, 0) is 12.5 Å². The SMILES string of the molecule is Cc1cc(=O)nc2scc(-c3ccccc3)n12.[Br-]. The molecule has 2 heterocycles. The fraction of sp³-hybridized carbons (Fsp3) is 0.0769. The van der Waals surface area contributed by atoms with Crippen LogP contribution in [0.15, 0.2) is 46.6 Å². The first kappa shape index (κ1) is 13.0. The number of benzene rings is 1. The number of rotatable bonds is 1. The lowest BCUT2D eigenvalue weighted by Crippen LogP contribution is -3.00. The second kappa shape index (κ2) is 5.04. The Morgan fingerprint density at radius 3 is 2.67 bits per heavy atom. The van der Waals surface area contributed by atoms with E-state index in [1.54, 1.807) is 6.07 Å². The van der Waals surface area contributed by atoms with Gasteiger partial charge in [-0.25, -0.2) is 0 Å².